The number of methoxy groups -OCH3 is 1. The summed E-state index contributed by atoms with van der Waals surface area (Å²) in [5.41, 5.74) is 2.21. The molecule has 0 amide bonds. The van der Waals surface area contributed by atoms with Crippen molar-refractivity contribution in [3.8, 4) is 22.9 Å². The maximum absolute atomic E-state index is 11.5. The number of rotatable bonds is 2. The normalized spacial score (nSPS) is 9.83. The predicted molar refractivity (Wildman–Crippen MR) is 68.5 cm³/mol. The summed E-state index contributed by atoms with van der Waals surface area (Å²) in [5.74, 6) is 0.733. The molecule has 4 heteroatoms. The van der Waals surface area contributed by atoms with Crippen LogP contribution >= 0.6 is 0 Å². The number of benzene rings is 1. The number of hydrogen-bond donors (Lipinski definition) is 1. The number of aryl methyl sites for hydroxylation is 1. The lowest BCUT2D eigenvalue weighted by Crippen LogP contribution is -2.11. The molecule has 0 aliphatic carbocycles. The van der Waals surface area contributed by atoms with E-state index in [4.69, 9.17) is 10.00 Å². The van der Waals surface area contributed by atoms with E-state index < -0.39 is 0 Å². The summed E-state index contributed by atoms with van der Waals surface area (Å²) in [6.07, 6.45) is 0. The fraction of sp³-hybridized carbons (Fsp3) is 0.143. The molecular formula is C14H12N2O2. The van der Waals surface area contributed by atoms with E-state index in [1.807, 2.05) is 30.3 Å². The maximum Gasteiger partial charge on any atom is 0.266 e. The summed E-state index contributed by atoms with van der Waals surface area (Å²) in [5, 5.41) is 8.89. The Labute approximate surface area is 104 Å². The number of nitrogens with one attached hydrogen (secondary N) is 1. The van der Waals surface area contributed by atoms with Gasteiger partial charge >= 0.3 is 0 Å². The molecular weight excluding hydrogens is 228 g/mol. The van der Waals surface area contributed by atoms with Gasteiger partial charge in [0.15, 0.2) is 0 Å². The zero-order valence-electron chi connectivity index (χ0n) is 10.2. The lowest BCUT2D eigenvalue weighted by Gasteiger charge is -2.08. The van der Waals surface area contributed by atoms with Gasteiger partial charge in [0.25, 0.3) is 5.56 Å². The highest BCUT2D eigenvalue weighted by Crippen LogP contribution is 2.25. The van der Waals surface area contributed by atoms with Crippen molar-refractivity contribution in [1.29, 1.82) is 5.26 Å². The third kappa shape index (κ3) is 2.11. The van der Waals surface area contributed by atoms with Crippen molar-refractivity contribution < 1.29 is 4.74 Å². The molecule has 1 aromatic heterocycles. The summed E-state index contributed by atoms with van der Waals surface area (Å²) in [6, 6.07) is 11.0. The molecule has 1 N–H and O–H groups in total. The number of aromatic nitrogens is 1. The average molecular weight is 240 g/mol. The quantitative estimate of drug-likeness (QED) is 0.875. The van der Waals surface area contributed by atoms with Crippen molar-refractivity contribution in [2.24, 2.45) is 0 Å². The van der Waals surface area contributed by atoms with Gasteiger partial charge in [-0.3, -0.25) is 4.79 Å². The largest absolute Gasteiger partial charge is 0.497 e. The van der Waals surface area contributed by atoms with Crippen LogP contribution in [0.2, 0.25) is 0 Å². The number of nitrogens with zero attached hydrogens (tertiary/aromatic N) is 1. The molecule has 0 bridgehead atoms. The van der Waals surface area contributed by atoms with Gasteiger partial charge in [0.2, 0.25) is 0 Å². The highest BCUT2D eigenvalue weighted by Gasteiger charge is 2.08. The van der Waals surface area contributed by atoms with E-state index in [1.165, 1.54) is 0 Å². The Balaban J connectivity index is 2.63. The smallest absolute Gasteiger partial charge is 0.266 e. The molecule has 0 spiro atoms. The van der Waals surface area contributed by atoms with Crippen LogP contribution in [0.15, 0.2) is 35.1 Å². The lowest BCUT2D eigenvalue weighted by molar-refractivity contribution is 0.415. The van der Waals surface area contributed by atoms with E-state index in [1.54, 1.807) is 20.1 Å². The van der Waals surface area contributed by atoms with Crippen LogP contribution in [0.5, 0.6) is 5.75 Å². The fourth-order valence-electron chi connectivity index (χ4n) is 1.80. The Bertz CT molecular complexity index is 681. The molecule has 4 nitrogen and oxygen atoms in total. The van der Waals surface area contributed by atoms with Gasteiger partial charge in [-0.05, 0) is 30.7 Å². The first-order valence-corrected chi connectivity index (χ1v) is 5.44. The number of hydrogen-bond acceptors (Lipinski definition) is 3. The van der Waals surface area contributed by atoms with Crippen LogP contribution in [0.25, 0.3) is 11.1 Å². The van der Waals surface area contributed by atoms with E-state index in [2.05, 4.69) is 4.98 Å². The number of aromatic amines is 1. The van der Waals surface area contributed by atoms with Crippen LogP contribution in [-0.2, 0) is 0 Å². The van der Waals surface area contributed by atoms with Crippen molar-refractivity contribution in [3.63, 3.8) is 0 Å². The van der Waals surface area contributed by atoms with Gasteiger partial charge in [0, 0.05) is 11.3 Å². The summed E-state index contributed by atoms with van der Waals surface area (Å²) < 4.78 is 5.16. The Morgan fingerprint density at radius 2 is 2.11 bits per heavy atom. The van der Waals surface area contributed by atoms with Gasteiger partial charge in [0.1, 0.15) is 17.4 Å². The number of pyridine rings is 1. The number of H-pyrrole nitrogens is 1. The molecule has 0 saturated heterocycles. The Morgan fingerprint density at radius 1 is 1.33 bits per heavy atom. The van der Waals surface area contributed by atoms with E-state index in [-0.39, 0.29) is 11.1 Å². The SMILES string of the molecule is COc1cccc(-c2cc(C#N)c(=O)[nH]c2C)c1. The second-order valence-corrected chi connectivity index (χ2v) is 3.89. The summed E-state index contributed by atoms with van der Waals surface area (Å²) in [7, 11) is 1.60. The van der Waals surface area contributed by atoms with Gasteiger partial charge in [0.05, 0.1) is 7.11 Å². The molecule has 0 radical (unpaired) electrons. The molecule has 2 aromatic rings. The van der Waals surface area contributed by atoms with Crippen LogP contribution in [0.4, 0.5) is 0 Å². The first kappa shape index (κ1) is 11.9. The molecule has 0 atom stereocenters. The zero-order chi connectivity index (χ0) is 13.1. The molecule has 0 fully saturated rings. The van der Waals surface area contributed by atoms with Gasteiger partial charge in [-0.25, -0.2) is 0 Å². The number of ether oxygens (including phenoxy) is 1. The van der Waals surface area contributed by atoms with Crippen LogP contribution in [-0.4, -0.2) is 12.1 Å². The third-order valence-corrected chi connectivity index (χ3v) is 2.74. The average Bonchev–Trinajstić information content (AvgIpc) is 2.39. The first-order valence-electron chi connectivity index (χ1n) is 5.44. The molecule has 0 aliphatic rings. The maximum atomic E-state index is 11.5. The van der Waals surface area contributed by atoms with Crippen molar-refractivity contribution in [2.45, 2.75) is 6.92 Å². The highest BCUT2D eigenvalue weighted by atomic mass is 16.5. The van der Waals surface area contributed by atoms with Crippen molar-refractivity contribution in [2.75, 3.05) is 7.11 Å². The second kappa shape index (κ2) is 4.76. The van der Waals surface area contributed by atoms with Crippen molar-refractivity contribution in [3.05, 3.63) is 51.9 Å². The molecule has 1 aromatic carbocycles. The molecule has 0 unspecified atom stereocenters. The monoisotopic (exact) mass is 240 g/mol. The van der Waals surface area contributed by atoms with Crippen LogP contribution in [0.1, 0.15) is 11.3 Å². The summed E-state index contributed by atoms with van der Waals surface area (Å²) in [4.78, 5) is 14.2. The minimum Gasteiger partial charge on any atom is -0.497 e. The summed E-state index contributed by atoms with van der Waals surface area (Å²) in [6.45, 7) is 1.80. The minimum absolute atomic E-state index is 0.110. The second-order valence-electron chi connectivity index (χ2n) is 3.89. The van der Waals surface area contributed by atoms with Gasteiger partial charge in [-0.15, -0.1) is 0 Å². The fourth-order valence-corrected chi connectivity index (χ4v) is 1.80. The number of nitriles is 1. The standard InChI is InChI=1S/C14H12N2O2/c1-9-13(7-11(8-15)14(17)16-9)10-4-3-5-12(6-10)18-2/h3-7H,1-2H3,(H,16,17). The van der Waals surface area contributed by atoms with Crippen molar-refractivity contribution >= 4 is 0 Å². The van der Waals surface area contributed by atoms with Crippen molar-refractivity contribution in [1.82, 2.24) is 4.98 Å². The van der Waals surface area contributed by atoms with E-state index in [0.29, 0.717) is 0 Å². The summed E-state index contributed by atoms with van der Waals surface area (Å²) >= 11 is 0. The molecule has 0 saturated carbocycles. The molecule has 2 rings (SSSR count). The zero-order valence-corrected chi connectivity index (χ0v) is 10.2. The third-order valence-electron chi connectivity index (χ3n) is 2.74. The molecule has 1 heterocycles. The molecule has 0 aliphatic heterocycles. The highest BCUT2D eigenvalue weighted by molar-refractivity contribution is 5.68. The van der Waals surface area contributed by atoms with Crippen LogP contribution < -0.4 is 10.3 Å². The van der Waals surface area contributed by atoms with Gasteiger partial charge < -0.3 is 9.72 Å². The van der Waals surface area contributed by atoms with E-state index in [0.717, 1.165) is 22.6 Å². The molecule has 18 heavy (non-hydrogen) atoms. The van der Waals surface area contributed by atoms with Gasteiger partial charge in [-0.2, -0.15) is 5.26 Å². The van der Waals surface area contributed by atoms with E-state index >= 15 is 0 Å². The van der Waals surface area contributed by atoms with Crippen LogP contribution in [0.3, 0.4) is 0 Å². The Morgan fingerprint density at radius 3 is 2.78 bits per heavy atom. The first-order chi connectivity index (χ1) is 8.65. The predicted octanol–water partition coefficient (Wildman–Crippen LogP) is 2.23. The Kier molecular flexibility index (Phi) is 3.16. The van der Waals surface area contributed by atoms with E-state index in [9.17, 15) is 4.79 Å². The van der Waals surface area contributed by atoms with Gasteiger partial charge in [-0.1, -0.05) is 12.1 Å². The van der Waals surface area contributed by atoms with Crippen LogP contribution in [0, 0.1) is 18.3 Å². The molecule has 90 valence electrons. The topological polar surface area (TPSA) is 65.9 Å². The lowest BCUT2D eigenvalue weighted by atomic mass is 10.0. The Hall–Kier alpha value is -2.54. The minimum atomic E-state index is -0.360.